The number of nitrogens with zero attached hydrogens (tertiary/aromatic N) is 4. The van der Waals surface area contributed by atoms with Gasteiger partial charge in [-0.2, -0.15) is 5.10 Å². The first-order chi connectivity index (χ1) is 12.1. The first kappa shape index (κ1) is 16.6. The van der Waals surface area contributed by atoms with E-state index < -0.39 is 6.04 Å². The average molecular weight is 337 g/mol. The molecule has 0 saturated heterocycles. The van der Waals surface area contributed by atoms with Crippen molar-refractivity contribution in [2.24, 2.45) is 0 Å². The predicted molar refractivity (Wildman–Crippen MR) is 93.6 cm³/mol. The minimum absolute atomic E-state index is 0.232. The summed E-state index contributed by atoms with van der Waals surface area (Å²) in [6.45, 7) is 5.74. The molecule has 0 aliphatic heterocycles. The van der Waals surface area contributed by atoms with Gasteiger partial charge in [0, 0.05) is 6.20 Å². The Balaban J connectivity index is 1.81. The number of ether oxygens (including phenoxy) is 1. The van der Waals surface area contributed by atoms with E-state index in [1.165, 1.54) is 17.3 Å². The van der Waals surface area contributed by atoms with Gasteiger partial charge in [-0.15, -0.1) is 0 Å². The number of carbonyl (C=O) groups is 1. The standard InChI is InChI=1S/C18H19N5O2/c1-12-6-4-8-16(13(12)2)25-18-15(7-5-9-20-18)22-17(24)14(3)23-11-19-10-21-23/h4-11,14H,1-3H3,(H,22,24)/t14-/m1/s1. The van der Waals surface area contributed by atoms with Crippen molar-refractivity contribution < 1.29 is 9.53 Å². The lowest BCUT2D eigenvalue weighted by atomic mass is 10.1. The Labute approximate surface area is 145 Å². The molecule has 1 amide bonds. The van der Waals surface area contributed by atoms with Crippen molar-refractivity contribution in [1.82, 2.24) is 19.7 Å². The van der Waals surface area contributed by atoms with Crippen molar-refractivity contribution >= 4 is 11.6 Å². The smallest absolute Gasteiger partial charge is 0.249 e. The second kappa shape index (κ2) is 7.12. The number of hydrogen-bond donors (Lipinski definition) is 1. The summed E-state index contributed by atoms with van der Waals surface area (Å²) < 4.78 is 7.41. The van der Waals surface area contributed by atoms with Gasteiger partial charge in [-0.25, -0.2) is 14.6 Å². The van der Waals surface area contributed by atoms with E-state index in [0.717, 1.165) is 11.1 Å². The molecule has 1 atom stereocenters. The molecule has 0 aliphatic carbocycles. The Kier molecular flexibility index (Phi) is 4.74. The van der Waals surface area contributed by atoms with Gasteiger partial charge in [-0.05, 0) is 50.1 Å². The van der Waals surface area contributed by atoms with E-state index in [1.807, 2.05) is 32.0 Å². The van der Waals surface area contributed by atoms with E-state index in [9.17, 15) is 4.79 Å². The van der Waals surface area contributed by atoms with Gasteiger partial charge in [0.25, 0.3) is 0 Å². The van der Waals surface area contributed by atoms with Crippen LogP contribution < -0.4 is 10.1 Å². The third kappa shape index (κ3) is 3.65. The molecule has 0 aliphatic rings. The lowest BCUT2D eigenvalue weighted by Gasteiger charge is -2.15. The number of aryl methyl sites for hydroxylation is 1. The number of carbonyl (C=O) groups excluding carboxylic acids is 1. The molecular weight excluding hydrogens is 318 g/mol. The molecule has 0 saturated carbocycles. The number of nitrogens with one attached hydrogen (secondary N) is 1. The molecular formula is C18H19N5O2. The molecule has 2 heterocycles. The van der Waals surface area contributed by atoms with E-state index >= 15 is 0 Å². The molecule has 2 aromatic heterocycles. The lowest BCUT2D eigenvalue weighted by molar-refractivity contribution is -0.119. The molecule has 1 aromatic carbocycles. The first-order valence-corrected chi connectivity index (χ1v) is 7.90. The van der Waals surface area contributed by atoms with Crippen LogP contribution in [0, 0.1) is 13.8 Å². The SMILES string of the molecule is Cc1cccc(Oc2ncccc2NC(=O)[C@@H](C)n2cncn2)c1C. The molecule has 0 bridgehead atoms. The quantitative estimate of drug-likeness (QED) is 0.772. The lowest BCUT2D eigenvalue weighted by Crippen LogP contribution is -2.24. The minimum Gasteiger partial charge on any atom is -0.437 e. The van der Waals surface area contributed by atoms with E-state index in [1.54, 1.807) is 25.3 Å². The number of amides is 1. The van der Waals surface area contributed by atoms with Crippen LogP contribution in [0.15, 0.2) is 49.2 Å². The summed E-state index contributed by atoms with van der Waals surface area (Å²) >= 11 is 0. The number of pyridine rings is 1. The highest BCUT2D eigenvalue weighted by Crippen LogP contribution is 2.30. The zero-order chi connectivity index (χ0) is 17.8. The van der Waals surface area contributed by atoms with Crippen LogP contribution in [-0.2, 0) is 4.79 Å². The van der Waals surface area contributed by atoms with E-state index in [-0.39, 0.29) is 5.91 Å². The maximum atomic E-state index is 12.5. The highest BCUT2D eigenvalue weighted by Gasteiger charge is 2.18. The first-order valence-electron chi connectivity index (χ1n) is 7.90. The zero-order valence-electron chi connectivity index (χ0n) is 14.3. The van der Waals surface area contributed by atoms with E-state index in [2.05, 4.69) is 20.4 Å². The van der Waals surface area contributed by atoms with Crippen molar-refractivity contribution in [3.05, 3.63) is 60.3 Å². The van der Waals surface area contributed by atoms with Crippen molar-refractivity contribution in [1.29, 1.82) is 0 Å². The van der Waals surface area contributed by atoms with Gasteiger partial charge in [0.15, 0.2) is 0 Å². The van der Waals surface area contributed by atoms with Gasteiger partial charge in [0.2, 0.25) is 11.8 Å². The summed E-state index contributed by atoms with van der Waals surface area (Å²) in [6.07, 6.45) is 4.51. The Morgan fingerprint density at radius 1 is 1.24 bits per heavy atom. The molecule has 25 heavy (non-hydrogen) atoms. The van der Waals surface area contributed by atoms with Crippen LogP contribution >= 0.6 is 0 Å². The number of benzene rings is 1. The van der Waals surface area contributed by atoms with E-state index in [0.29, 0.717) is 17.3 Å². The second-order valence-electron chi connectivity index (χ2n) is 5.70. The summed E-state index contributed by atoms with van der Waals surface area (Å²) in [6, 6.07) is 8.80. The van der Waals surface area contributed by atoms with Crippen molar-refractivity contribution in [2.75, 3.05) is 5.32 Å². The van der Waals surface area contributed by atoms with Gasteiger partial charge in [0.05, 0.1) is 0 Å². The molecule has 7 nitrogen and oxygen atoms in total. The average Bonchev–Trinajstić information content (AvgIpc) is 3.14. The molecule has 0 radical (unpaired) electrons. The molecule has 0 fully saturated rings. The van der Waals surface area contributed by atoms with Crippen LogP contribution in [0.4, 0.5) is 5.69 Å². The number of rotatable bonds is 5. The molecule has 3 aromatic rings. The monoisotopic (exact) mass is 337 g/mol. The molecule has 7 heteroatoms. The third-order valence-corrected chi connectivity index (χ3v) is 4.00. The fourth-order valence-electron chi connectivity index (χ4n) is 2.28. The van der Waals surface area contributed by atoms with Gasteiger partial charge in [0.1, 0.15) is 30.1 Å². The van der Waals surface area contributed by atoms with Gasteiger partial charge in [-0.3, -0.25) is 4.79 Å². The van der Waals surface area contributed by atoms with Crippen molar-refractivity contribution in [3.63, 3.8) is 0 Å². The summed E-state index contributed by atoms with van der Waals surface area (Å²) in [5.74, 6) is 0.818. The maximum absolute atomic E-state index is 12.5. The van der Waals surface area contributed by atoms with E-state index in [4.69, 9.17) is 4.74 Å². The van der Waals surface area contributed by atoms with Crippen LogP contribution in [0.1, 0.15) is 24.1 Å². The molecule has 0 spiro atoms. The summed E-state index contributed by atoms with van der Waals surface area (Å²) in [4.78, 5) is 20.6. The second-order valence-corrected chi connectivity index (χ2v) is 5.70. The highest BCUT2D eigenvalue weighted by molar-refractivity contribution is 5.94. The Morgan fingerprint density at radius 3 is 2.84 bits per heavy atom. The number of anilines is 1. The summed E-state index contributed by atoms with van der Waals surface area (Å²) in [5.41, 5.74) is 2.65. The Morgan fingerprint density at radius 2 is 2.08 bits per heavy atom. The maximum Gasteiger partial charge on any atom is 0.249 e. The van der Waals surface area contributed by atoms with Gasteiger partial charge >= 0.3 is 0 Å². The van der Waals surface area contributed by atoms with Crippen molar-refractivity contribution in [3.8, 4) is 11.6 Å². The largest absolute Gasteiger partial charge is 0.437 e. The molecule has 1 N–H and O–H groups in total. The Hall–Kier alpha value is -3.22. The molecule has 3 rings (SSSR count). The van der Waals surface area contributed by atoms with Gasteiger partial charge in [-0.1, -0.05) is 12.1 Å². The third-order valence-electron chi connectivity index (χ3n) is 4.00. The van der Waals surface area contributed by atoms with Gasteiger partial charge < -0.3 is 10.1 Å². The van der Waals surface area contributed by atoms with Crippen LogP contribution in [0.2, 0.25) is 0 Å². The van der Waals surface area contributed by atoms with Crippen LogP contribution in [-0.4, -0.2) is 25.7 Å². The number of hydrogen-bond acceptors (Lipinski definition) is 5. The fourth-order valence-corrected chi connectivity index (χ4v) is 2.28. The highest BCUT2D eigenvalue weighted by atomic mass is 16.5. The van der Waals surface area contributed by atoms with Crippen LogP contribution in [0.25, 0.3) is 0 Å². The molecule has 0 unspecified atom stereocenters. The van der Waals surface area contributed by atoms with Crippen molar-refractivity contribution in [2.45, 2.75) is 26.8 Å². The normalized spacial score (nSPS) is 11.8. The summed E-state index contributed by atoms with van der Waals surface area (Å²) in [7, 11) is 0. The molecule has 128 valence electrons. The van der Waals surface area contributed by atoms with Crippen LogP contribution in [0.3, 0.4) is 0 Å². The van der Waals surface area contributed by atoms with Crippen LogP contribution in [0.5, 0.6) is 11.6 Å². The topological polar surface area (TPSA) is 81.9 Å². The zero-order valence-corrected chi connectivity index (χ0v) is 14.3. The predicted octanol–water partition coefficient (Wildman–Crippen LogP) is 3.28. The number of aromatic nitrogens is 4. The Bertz CT molecular complexity index is 877. The minimum atomic E-state index is -0.503. The fraction of sp³-hybridized carbons (Fsp3) is 0.222. The summed E-state index contributed by atoms with van der Waals surface area (Å²) in [5, 5.41) is 6.83.